The number of benzene rings is 2. The third-order valence-corrected chi connectivity index (χ3v) is 4.29. The number of Topliss-reactive ketones (excluding diaryl/α,β-unsaturated/α-hetero) is 1. The van der Waals surface area contributed by atoms with Crippen molar-refractivity contribution in [3.05, 3.63) is 53.6 Å². The van der Waals surface area contributed by atoms with Crippen molar-refractivity contribution in [3.8, 4) is 17.2 Å². The number of ketones is 1. The van der Waals surface area contributed by atoms with Crippen molar-refractivity contribution < 1.29 is 28.6 Å². The number of hydrogen-bond donors (Lipinski definition) is 0. The van der Waals surface area contributed by atoms with Crippen LogP contribution in [0.4, 0.5) is 0 Å². The first-order valence-electron chi connectivity index (χ1n) is 8.33. The van der Waals surface area contributed by atoms with Crippen molar-refractivity contribution in [3.63, 3.8) is 0 Å². The van der Waals surface area contributed by atoms with E-state index in [1.807, 2.05) is 0 Å². The first kappa shape index (κ1) is 18.4. The van der Waals surface area contributed by atoms with E-state index in [1.165, 1.54) is 20.3 Å². The molecule has 1 heterocycles. The number of fused-ring (bicyclic) bond motifs is 1. The van der Waals surface area contributed by atoms with Crippen LogP contribution in [0.3, 0.4) is 0 Å². The van der Waals surface area contributed by atoms with Crippen LogP contribution in [-0.4, -0.2) is 49.4 Å². The number of ether oxygens (including phenoxy) is 3. The third-order valence-electron chi connectivity index (χ3n) is 4.29. The highest BCUT2D eigenvalue weighted by Gasteiger charge is 2.35. The van der Waals surface area contributed by atoms with Gasteiger partial charge in [0.25, 0.3) is 11.8 Å². The third kappa shape index (κ3) is 3.48. The van der Waals surface area contributed by atoms with Gasteiger partial charge in [0.2, 0.25) is 0 Å². The maximum absolute atomic E-state index is 12.8. The van der Waals surface area contributed by atoms with Gasteiger partial charge in [-0.05, 0) is 37.3 Å². The zero-order chi connectivity index (χ0) is 19.6. The number of carbonyl (C=O) groups is 3. The van der Waals surface area contributed by atoms with E-state index in [0.717, 1.165) is 4.90 Å². The maximum Gasteiger partial charge on any atom is 0.270 e. The molecule has 1 unspecified atom stereocenters. The largest absolute Gasteiger partial charge is 0.493 e. The quantitative estimate of drug-likeness (QED) is 0.594. The van der Waals surface area contributed by atoms with Crippen LogP contribution in [0.25, 0.3) is 0 Å². The first-order chi connectivity index (χ1) is 13.0. The van der Waals surface area contributed by atoms with E-state index >= 15 is 0 Å². The van der Waals surface area contributed by atoms with Gasteiger partial charge in [0.15, 0.2) is 23.4 Å². The molecule has 0 aliphatic carbocycles. The SMILES string of the molecule is COc1ccc(C(=O)CN2C(=O)c3ccccc3OC(C)C2=O)cc1OC. The van der Waals surface area contributed by atoms with Crippen LogP contribution < -0.4 is 14.2 Å². The normalized spacial score (nSPS) is 16.3. The summed E-state index contributed by atoms with van der Waals surface area (Å²) in [5.41, 5.74) is 0.551. The molecule has 7 heteroatoms. The minimum absolute atomic E-state index is 0.246. The molecule has 0 spiro atoms. The molecule has 1 atom stereocenters. The summed E-state index contributed by atoms with van der Waals surface area (Å²) in [5.74, 6) is -0.335. The summed E-state index contributed by atoms with van der Waals surface area (Å²) in [6.45, 7) is 1.15. The predicted molar refractivity (Wildman–Crippen MR) is 96.5 cm³/mol. The van der Waals surface area contributed by atoms with Gasteiger partial charge in [-0.15, -0.1) is 0 Å². The molecular weight excluding hydrogens is 350 g/mol. The molecule has 3 rings (SSSR count). The maximum atomic E-state index is 12.8. The Morgan fingerprint density at radius 3 is 2.48 bits per heavy atom. The lowest BCUT2D eigenvalue weighted by atomic mass is 10.1. The predicted octanol–water partition coefficient (Wildman–Crippen LogP) is 2.34. The molecular formula is C20H19NO6. The lowest BCUT2D eigenvalue weighted by molar-refractivity contribution is -0.134. The van der Waals surface area contributed by atoms with Crippen LogP contribution in [0.5, 0.6) is 17.2 Å². The molecule has 0 bridgehead atoms. The van der Waals surface area contributed by atoms with Crippen molar-refractivity contribution in [1.82, 2.24) is 4.90 Å². The molecule has 1 aliphatic rings. The second kappa shape index (κ2) is 7.49. The van der Waals surface area contributed by atoms with Crippen LogP contribution in [0.2, 0.25) is 0 Å². The number of nitrogens with zero attached hydrogens (tertiary/aromatic N) is 1. The summed E-state index contributed by atoms with van der Waals surface area (Å²) >= 11 is 0. The summed E-state index contributed by atoms with van der Waals surface area (Å²) in [6.07, 6.45) is -0.879. The highest BCUT2D eigenvalue weighted by atomic mass is 16.5. The molecule has 0 saturated heterocycles. The Bertz CT molecular complexity index is 907. The summed E-state index contributed by atoms with van der Waals surface area (Å²) in [6, 6.07) is 11.3. The molecule has 140 valence electrons. The molecule has 1 aliphatic heterocycles. The molecule has 0 radical (unpaired) electrons. The van der Waals surface area contributed by atoms with Crippen molar-refractivity contribution in [2.24, 2.45) is 0 Å². The molecule has 27 heavy (non-hydrogen) atoms. The fourth-order valence-electron chi connectivity index (χ4n) is 2.85. The number of methoxy groups -OCH3 is 2. The average Bonchev–Trinajstić information content (AvgIpc) is 2.78. The van der Waals surface area contributed by atoms with Crippen molar-refractivity contribution >= 4 is 17.6 Å². The van der Waals surface area contributed by atoms with E-state index in [0.29, 0.717) is 22.8 Å². The fourth-order valence-corrected chi connectivity index (χ4v) is 2.85. The Morgan fingerprint density at radius 1 is 1.07 bits per heavy atom. The summed E-state index contributed by atoms with van der Waals surface area (Å²) < 4.78 is 15.9. The van der Waals surface area contributed by atoms with Crippen molar-refractivity contribution in [2.45, 2.75) is 13.0 Å². The fraction of sp³-hybridized carbons (Fsp3) is 0.250. The lowest BCUT2D eigenvalue weighted by Crippen LogP contribution is -2.44. The lowest BCUT2D eigenvalue weighted by Gasteiger charge is -2.20. The number of rotatable bonds is 5. The zero-order valence-corrected chi connectivity index (χ0v) is 15.2. The van der Waals surface area contributed by atoms with E-state index in [9.17, 15) is 14.4 Å². The van der Waals surface area contributed by atoms with E-state index in [1.54, 1.807) is 43.3 Å². The molecule has 0 aromatic heterocycles. The Balaban J connectivity index is 1.90. The summed E-state index contributed by atoms with van der Waals surface area (Å²) in [7, 11) is 2.96. The average molecular weight is 369 g/mol. The molecule has 2 aromatic carbocycles. The van der Waals surface area contributed by atoms with Gasteiger partial charge >= 0.3 is 0 Å². The Morgan fingerprint density at radius 2 is 1.78 bits per heavy atom. The number of hydrogen-bond acceptors (Lipinski definition) is 6. The Hall–Kier alpha value is -3.35. The number of para-hydroxylation sites is 1. The van der Waals surface area contributed by atoms with Gasteiger partial charge in [-0.25, -0.2) is 0 Å². The van der Waals surface area contributed by atoms with Crippen LogP contribution >= 0.6 is 0 Å². The first-order valence-corrected chi connectivity index (χ1v) is 8.33. The van der Waals surface area contributed by atoms with Gasteiger partial charge < -0.3 is 14.2 Å². The minimum Gasteiger partial charge on any atom is -0.493 e. The topological polar surface area (TPSA) is 82.1 Å². The van der Waals surface area contributed by atoms with E-state index < -0.39 is 30.2 Å². The molecule has 2 aromatic rings. The van der Waals surface area contributed by atoms with Crippen LogP contribution in [0.15, 0.2) is 42.5 Å². The molecule has 2 amide bonds. The molecule has 0 N–H and O–H groups in total. The second-order valence-electron chi connectivity index (χ2n) is 5.98. The number of amides is 2. The standard InChI is InChI=1S/C20H19NO6/c1-12-19(23)21(20(24)14-6-4-5-7-16(14)27-12)11-15(22)13-8-9-17(25-2)18(10-13)26-3/h4-10,12H,11H2,1-3H3. The van der Waals surface area contributed by atoms with E-state index in [-0.39, 0.29) is 5.56 Å². The van der Waals surface area contributed by atoms with E-state index in [4.69, 9.17) is 14.2 Å². The molecule has 7 nitrogen and oxygen atoms in total. The van der Waals surface area contributed by atoms with Crippen LogP contribution in [0, 0.1) is 0 Å². The van der Waals surface area contributed by atoms with Gasteiger partial charge in [0.1, 0.15) is 5.75 Å². The van der Waals surface area contributed by atoms with Gasteiger partial charge in [-0.1, -0.05) is 12.1 Å². The highest BCUT2D eigenvalue weighted by Crippen LogP contribution is 2.29. The minimum atomic E-state index is -0.879. The van der Waals surface area contributed by atoms with Crippen molar-refractivity contribution in [1.29, 1.82) is 0 Å². The van der Waals surface area contributed by atoms with Crippen molar-refractivity contribution in [2.75, 3.05) is 20.8 Å². The summed E-state index contributed by atoms with van der Waals surface area (Å²) in [5, 5.41) is 0. The molecule has 0 saturated carbocycles. The van der Waals surface area contributed by atoms with Gasteiger partial charge in [0.05, 0.1) is 26.3 Å². The molecule has 0 fully saturated rings. The van der Waals surface area contributed by atoms with Gasteiger partial charge in [-0.2, -0.15) is 0 Å². The number of carbonyl (C=O) groups excluding carboxylic acids is 3. The van der Waals surface area contributed by atoms with E-state index in [2.05, 4.69) is 0 Å². The number of imide groups is 1. The monoisotopic (exact) mass is 369 g/mol. The zero-order valence-electron chi connectivity index (χ0n) is 15.2. The van der Waals surface area contributed by atoms with Crippen LogP contribution in [-0.2, 0) is 4.79 Å². The second-order valence-corrected chi connectivity index (χ2v) is 5.98. The van der Waals surface area contributed by atoms with Crippen LogP contribution in [0.1, 0.15) is 27.6 Å². The smallest absolute Gasteiger partial charge is 0.270 e. The summed E-state index contributed by atoms with van der Waals surface area (Å²) in [4.78, 5) is 39.1. The van der Waals surface area contributed by atoms with Gasteiger partial charge in [0, 0.05) is 5.56 Å². The Kier molecular flexibility index (Phi) is 5.12. The Labute approximate surface area is 156 Å². The van der Waals surface area contributed by atoms with Gasteiger partial charge in [-0.3, -0.25) is 19.3 Å². The highest BCUT2D eigenvalue weighted by molar-refractivity contribution is 6.12.